The normalized spacial score (nSPS) is 11.9. The average Bonchev–Trinajstić information content (AvgIpc) is 2.08. The van der Waals surface area contributed by atoms with Gasteiger partial charge in [0, 0.05) is 0 Å². The van der Waals surface area contributed by atoms with E-state index in [-0.39, 0.29) is 6.61 Å². The largest absolute Gasteiger partial charge is 0.397 e. The van der Waals surface area contributed by atoms with Crippen LogP contribution in [0.4, 0.5) is 0 Å². The molecular formula is C8H19NO4S. The molecule has 0 aliphatic heterocycles. The van der Waals surface area contributed by atoms with E-state index >= 15 is 0 Å². The highest BCUT2D eigenvalue weighted by Gasteiger charge is 2.02. The first kappa shape index (κ1) is 13.8. The molecule has 0 amide bonds. The lowest BCUT2D eigenvalue weighted by Gasteiger charge is -2.03. The van der Waals surface area contributed by atoms with Gasteiger partial charge in [0.15, 0.2) is 0 Å². The monoisotopic (exact) mass is 225 g/mol. The van der Waals surface area contributed by atoms with Gasteiger partial charge in [-0.2, -0.15) is 8.42 Å². The first-order valence-electron chi connectivity index (χ1n) is 4.89. The van der Waals surface area contributed by atoms with E-state index in [9.17, 15) is 8.42 Å². The highest BCUT2D eigenvalue weighted by atomic mass is 32.3. The van der Waals surface area contributed by atoms with Crippen molar-refractivity contribution in [3.63, 3.8) is 0 Å². The van der Waals surface area contributed by atoms with E-state index in [1.165, 1.54) is 12.8 Å². The molecule has 86 valence electrons. The summed E-state index contributed by atoms with van der Waals surface area (Å²) < 4.78 is 32.6. The van der Waals surface area contributed by atoms with Gasteiger partial charge < -0.3 is 5.32 Å². The van der Waals surface area contributed by atoms with Gasteiger partial charge in [0.2, 0.25) is 0 Å². The highest BCUT2D eigenvalue weighted by Crippen LogP contribution is 1.92. The van der Waals surface area contributed by atoms with Crippen LogP contribution in [-0.4, -0.2) is 32.7 Å². The zero-order valence-corrected chi connectivity index (χ0v) is 9.35. The van der Waals surface area contributed by atoms with Crippen molar-refractivity contribution in [2.45, 2.75) is 32.6 Å². The van der Waals surface area contributed by atoms with Crippen molar-refractivity contribution >= 4 is 10.4 Å². The summed E-state index contributed by atoms with van der Waals surface area (Å²) in [6, 6.07) is 0. The molecule has 5 nitrogen and oxygen atoms in total. The second-order valence-corrected chi connectivity index (χ2v) is 4.15. The molecule has 0 aromatic carbocycles. The number of rotatable bonds is 9. The van der Waals surface area contributed by atoms with E-state index < -0.39 is 10.4 Å². The fourth-order valence-corrected chi connectivity index (χ4v) is 1.31. The summed E-state index contributed by atoms with van der Waals surface area (Å²) in [4.78, 5) is 0. The predicted molar refractivity (Wildman–Crippen MR) is 54.5 cm³/mol. The van der Waals surface area contributed by atoms with Crippen LogP contribution in [0.1, 0.15) is 32.6 Å². The van der Waals surface area contributed by atoms with E-state index in [0.717, 1.165) is 13.0 Å². The Morgan fingerprint density at radius 2 is 1.86 bits per heavy atom. The lowest BCUT2D eigenvalue weighted by molar-refractivity contribution is 0.264. The fourth-order valence-electron chi connectivity index (χ4n) is 0.986. The SMILES string of the molecule is CCCCCNCCCOS(=O)(=O)O. The van der Waals surface area contributed by atoms with Crippen LogP contribution in [0.3, 0.4) is 0 Å². The number of nitrogens with one attached hydrogen (secondary N) is 1. The Hall–Kier alpha value is -0.170. The molecule has 2 N–H and O–H groups in total. The smallest absolute Gasteiger partial charge is 0.317 e. The van der Waals surface area contributed by atoms with Gasteiger partial charge in [0.05, 0.1) is 6.61 Å². The Bertz CT molecular complexity index is 215. The second kappa shape index (κ2) is 8.16. The average molecular weight is 225 g/mol. The van der Waals surface area contributed by atoms with Crippen molar-refractivity contribution in [2.75, 3.05) is 19.7 Å². The quantitative estimate of drug-likeness (QED) is 0.452. The summed E-state index contributed by atoms with van der Waals surface area (Å²) in [6.07, 6.45) is 4.10. The van der Waals surface area contributed by atoms with Gasteiger partial charge in [0.1, 0.15) is 0 Å². The third-order valence-electron chi connectivity index (χ3n) is 1.69. The molecule has 0 bridgehead atoms. The predicted octanol–water partition coefficient (Wildman–Crippen LogP) is 0.976. The fraction of sp³-hybridized carbons (Fsp3) is 1.00. The van der Waals surface area contributed by atoms with Crippen LogP contribution in [0.15, 0.2) is 0 Å². The molecule has 6 heteroatoms. The van der Waals surface area contributed by atoms with Crippen molar-refractivity contribution in [3.05, 3.63) is 0 Å². The first-order valence-corrected chi connectivity index (χ1v) is 6.25. The van der Waals surface area contributed by atoms with Gasteiger partial charge >= 0.3 is 10.4 Å². The van der Waals surface area contributed by atoms with Crippen LogP contribution in [-0.2, 0) is 14.6 Å². The summed E-state index contributed by atoms with van der Waals surface area (Å²) in [5.74, 6) is 0. The molecule has 0 aromatic rings. The molecule has 0 unspecified atom stereocenters. The molecule has 0 rings (SSSR count). The molecule has 0 saturated heterocycles. The van der Waals surface area contributed by atoms with E-state index in [0.29, 0.717) is 13.0 Å². The third-order valence-corrected chi connectivity index (χ3v) is 2.15. The van der Waals surface area contributed by atoms with Crippen molar-refractivity contribution in [1.29, 1.82) is 0 Å². The van der Waals surface area contributed by atoms with Gasteiger partial charge in [-0.15, -0.1) is 0 Å². The van der Waals surface area contributed by atoms with Gasteiger partial charge in [-0.25, -0.2) is 4.18 Å². The molecule has 0 aliphatic rings. The second-order valence-electron chi connectivity index (χ2n) is 3.06. The molecule has 0 heterocycles. The molecular weight excluding hydrogens is 206 g/mol. The van der Waals surface area contributed by atoms with Crippen molar-refractivity contribution in [2.24, 2.45) is 0 Å². The van der Waals surface area contributed by atoms with E-state index in [4.69, 9.17) is 4.55 Å². The molecule has 0 aliphatic carbocycles. The van der Waals surface area contributed by atoms with Gasteiger partial charge in [-0.05, 0) is 25.9 Å². The third kappa shape index (κ3) is 11.8. The highest BCUT2D eigenvalue weighted by molar-refractivity contribution is 7.80. The minimum atomic E-state index is -4.25. The Balaban J connectivity index is 3.07. The van der Waals surface area contributed by atoms with Crippen molar-refractivity contribution in [3.8, 4) is 0 Å². The summed E-state index contributed by atoms with van der Waals surface area (Å²) in [6.45, 7) is 3.82. The summed E-state index contributed by atoms with van der Waals surface area (Å²) in [5.41, 5.74) is 0. The number of unbranched alkanes of at least 4 members (excludes halogenated alkanes) is 2. The van der Waals surface area contributed by atoms with E-state index in [1.54, 1.807) is 0 Å². The first-order chi connectivity index (χ1) is 6.56. The number of hydrogen-bond acceptors (Lipinski definition) is 4. The molecule has 14 heavy (non-hydrogen) atoms. The Morgan fingerprint density at radius 3 is 2.43 bits per heavy atom. The molecule has 0 radical (unpaired) electrons. The van der Waals surface area contributed by atoms with Crippen LogP contribution in [0.5, 0.6) is 0 Å². The lowest BCUT2D eigenvalue weighted by Crippen LogP contribution is -2.18. The molecule has 0 atom stereocenters. The topological polar surface area (TPSA) is 75.6 Å². The molecule has 0 spiro atoms. The molecule has 0 aromatic heterocycles. The van der Waals surface area contributed by atoms with Gasteiger partial charge in [-0.3, -0.25) is 4.55 Å². The van der Waals surface area contributed by atoms with Gasteiger partial charge in [0.25, 0.3) is 0 Å². The maximum atomic E-state index is 10.1. The van der Waals surface area contributed by atoms with Crippen LogP contribution < -0.4 is 5.32 Å². The van der Waals surface area contributed by atoms with Crippen LogP contribution >= 0.6 is 0 Å². The standard InChI is InChI=1S/C8H19NO4S/c1-2-3-4-6-9-7-5-8-13-14(10,11)12/h9H,2-8H2,1H3,(H,10,11,12). The maximum Gasteiger partial charge on any atom is 0.397 e. The van der Waals surface area contributed by atoms with Gasteiger partial charge in [-0.1, -0.05) is 19.8 Å². The Morgan fingerprint density at radius 1 is 1.21 bits per heavy atom. The maximum absolute atomic E-state index is 10.1. The zero-order chi connectivity index (χ0) is 10.9. The Labute approximate surface area is 85.8 Å². The minimum absolute atomic E-state index is 0.0274. The van der Waals surface area contributed by atoms with Crippen molar-refractivity contribution in [1.82, 2.24) is 5.32 Å². The molecule has 0 saturated carbocycles. The zero-order valence-electron chi connectivity index (χ0n) is 8.53. The summed E-state index contributed by atoms with van der Waals surface area (Å²) in [7, 11) is -4.25. The van der Waals surface area contributed by atoms with Crippen LogP contribution in [0.2, 0.25) is 0 Å². The van der Waals surface area contributed by atoms with Crippen molar-refractivity contribution < 1.29 is 17.2 Å². The van der Waals surface area contributed by atoms with E-state index in [1.807, 2.05) is 0 Å². The number of hydrogen-bond donors (Lipinski definition) is 2. The van der Waals surface area contributed by atoms with Crippen LogP contribution in [0.25, 0.3) is 0 Å². The molecule has 0 fully saturated rings. The van der Waals surface area contributed by atoms with E-state index in [2.05, 4.69) is 16.4 Å². The summed E-state index contributed by atoms with van der Waals surface area (Å²) in [5, 5.41) is 3.15. The minimum Gasteiger partial charge on any atom is -0.317 e. The Kier molecular flexibility index (Phi) is 8.07. The lowest BCUT2D eigenvalue weighted by atomic mass is 10.2. The summed E-state index contributed by atoms with van der Waals surface area (Å²) >= 11 is 0. The van der Waals surface area contributed by atoms with Crippen LogP contribution in [0, 0.1) is 0 Å².